The van der Waals surface area contributed by atoms with Gasteiger partial charge in [-0.2, -0.15) is 0 Å². The lowest BCUT2D eigenvalue weighted by Gasteiger charge is -2.30. The van der Waals surface area contributed by atoms with Crippen molar-refractivity contribution in [3.8, 4) is 0 Å². The van der Waals surface area contributed by atoms with Gasteiger partial charge in [0.05, 0.1) is 11.6 Å². The minimum atomic E-state index is -0.407. The van der Waals surface area contributed by atoms with Gasteiger partial charge < -0.3 is 9.80 Å². The molecule has 0 aliphatic carbocycles. The zero-order valence-electron chi connectivity index (χ0n) is 15.9. The number of amides is 1. The smallest absolute Gasteiger partial charge is 0.255 e. The van der Waals surface area contributed by atoms with E-state index in [0.717, 1.165) is 37.3 Å². The third-order valence-corrected chi connectivity index (χ3v) is 5.51. The molecule has 5 nitrogen and oxygen atoms in total. The van der Waals surface area contributed by atoms with Gasteiger partial charge in [0.25, 0.3) is 5.91 Å². The maximum atomic E-state index is 13.2. The highest BCUT2D eigenvalue weighted by Gasteiger charge is 2.39. The number of Topliss-reactive ketones (excluding diaryl/α,β-unsaturated/α-hetero) is 1. The van der Waals surface area contributed by atoms with Gasteiger partial charge in [0.15, 0.2) is 5.78 Å². The third kappa shape index (κ3) is 3.34. The van der Waals surface area contributed by atoms with Gasteiger partial charge in [-0.1, -0.05) is 23.8 Å². The van der Waals surface area contributed by atoms with E-state index in [4.69, 9.17) is 0 Å². The van der Waals surface area contributed by atoms with Crippen molar-refractivity contribution in [2.24, 2.45) is 4.99 Å². The Kier molecular flexibility index (Phi) is 4.68. The fraction of sp³-hybridized carbons (Fsp3) is 0.409. The summed E-state index contributed by atoms with van der Waals surface area (Å²) in [4.78, 5) is 34.5. The van der Waals surface area contributed by atoms with Crippen LogP contribution in [0, 0.1) is 6.92 Å². The summed E-state index contributed by atoms with van der Waals surface area (Å²) in [7, 11) is 0. The van der Waals surface area contributed by atoms with E-state index in [1.165, 1.54) is 6.42 Å². The van der Waals surface area contributed by atoms with Gasteiger partial charge >= 0.3 is 0 Å². The maximum absolute atomic E-state index is 13.2. The minimum Gasteiger partial charge on any atom is -0.339 e. The number of rotatable bonds is 3. The molecule has 0 aromatic heterocycles. The van der Waals surface area contributed by atoms with Crippen molar-refractivity contribution in [3.63, 3.8) is 0 Å². The summed E-state index contributed by atoms with van der Waals surface area (Å²) in [5, 5.41) is 0. The lowest BCUT2D eigenvalue weighted by atomic mass is 9.97. The van der Waals surface area contributed by atoms with Crippen LogP contribution in [0.15, 0.2) is 53.2 Å². The summed E-state index contributed by atoms with van der Waals surface area (Å²) in [6.45, 7) is 5.56. The number of ketones is 1. The number of hydrogen-bond donors (Lipinski definition) is 0. The van der Waals surface area contributed by atoms with Crippen LogP contribution in [0.1, 0.15) is 42.1 Å². The summed E-state index contributed by atoms with van der Waals surface area (Å²) in [5.41, 5.74) is 2.38. The Morgan fingerprint density at radius 2 is 1.89 bits per heavy atom. The lowest BCUT2D eigenvalue weighted by Crippen LogP contribution is -2.43. The molecule has 3 aliphatic rings. The largest absolute Gasteiger partial charge is 0.339 e. The van der Waals surface area contributed by atoms with Gasteiger partial charge in [-0.3, -0.25) is 14.6 Å². The number of carbonyl (C=O) groups is 2. The number of nitrogens with zero attached hydrogens (tertiary/aromatic N) is 3. The number of hydrogen-bond acceptors (Lipinski definition) is 4. The Balaban J connectivity index is 1.60. The first-order chi connectivity index (χ1) is 13.0. The summed E-state index contributed by atoms with van der Waals surface area (Å²) < 4.78 is 0. The number of fused-ring (bicyclic) bond motifs is 1. The molecule has 0 N–H and O–H groups in total. The molecule has 3 heterocycles. The van der Waals surface area contributed by atoms with Crippen LogP contribution in [0.5, 0.6) is 0 Å². The van der Waals surface area contributed by atoms with Crippen LogP contribution in [0.25, 0.3) is 0 Å². The van der Waals surface area contributed by atoms with Crippen molar-refractivity contribution in [2.75, 3.05) is 13.1 Å². The van der Waals surface area contributed by atoms with Crippen molar-refractivity contribution in [1.29, 1.82) is 0 Å². The average Bonchev–Trinajstić information content (AvgIpc) is 3.02. The molecule has 1 saturated heterocycles. The molecule has 4 rings (SSSR count). The molecule has 0 radical (unpaired) electrons. The molecule has 2 unspecified atom stereocenters. The molecule has 140 valence electrons. The number of amidine groups is 1. The molecule has 1 aromatic carbocycles. The van der Waals surface area contributed by atoms with Gasteiger partial charge in [-0.25, -0.2) is 0 Å². The van der Waals surface area contributed by atoms with Crippen LogP contribution < -0.4 is 0 Å². The Hall–Kier alpha value is -2.69. The van der Waals surface area contributed by atoms with Crippen molar-refractivity contribution in [2.45, 2.75) is 45.2 Å². The zero-order valence-corrected chi connectivity index (χ0v) is 15.9. The van der Waals surface area contributed by atoms with Crippen LogP contribution in [-0.2, 0) is 4.79 Å². The molecule has 1 fully saturated rings. The van der Waals surface area contributed by atoms with Crippen LogP contribution in [0.3, 0.4) is 0 Å². The SMILES string of the molecule is Cc1cccc(C(=O)C2C(C)N=C3C=CC(C(=O)N4CCCCC4)=CN32)c1. The first kappa shape index (κ1) is 17.7. The minimum absolute atomic E-state index is 0.0428. The molecule has 3 aliphatic heterocycles. The summed E-state index contributed by atoms with van der Waals surface area (Å²) >= 11 is 0. The number of carbonyl (C=O) groups excluding carboxylic acids is 2. The predicted molar refractivity (Wildman–Crippen MR) is 106 cm³/mol. The Bertz CT molecular complexity index is 862. The van der Waals surface area contributed by atoms with E-state index in [1.54, 1.807) is 0 Å². The zero-order chi connectivity index (χ0) is 19.0. The number of benzene rings is 1. The van der Waals surface area contributed by atoms with Gasteiger partial charge in [0.2, 0.25) is 0 Å². The predicted octanol–water partition coefficient (Wildman–Crippen LogP) is 3.12. The van der Waals surface area contributed by atoms with E-state index in [9.17, 15) is 9.59 Å². The molecule has 0 spiro atoms. The Morgan fingerprint density at radius 1 is 1.11 bits per heavy atom. The maximum Gasteiger partial charge on any atom is 0.255 e. The molecule has 0 saturated carbocycles. The fourth-order valence-corrected chi connectivity index (χ4v) is 4.07. The molecular formula is C22H25N3O2. The first-order valence-electron chi connectivity index (χ1n) is 9.71. The quantitative estimate of drug-likeness (QED) is 0.776. The summed E-state index contributed by atoms with van der Waals surface area (Å²) in [6, 6.07) is 7.09. The second-order valence-corrected chi connectivity index (χ2v) is 7.58. The number of piperidine rings is 1. The second kappa shape index (κ2) is 7.14. The first-order valence-corrected chi connectivity index (χ1v) is 9.71. The fourth-order valence-electron chi connectivity index (χ4n) is 4.07. The monoisotopic (exact) mass is 363 g/mol. The molecule has 27 heavy (non-hydrogen) atoms. The molecule has 2 atom stereocenters. The highest BCUT2D eigenvalue weighted by Crippen LogP contribution is 2.27. The van der Waals surface area contributed by atoms with E-state index in [-0.39, 0.29) is 17.7 Å². The normalized spacial score (nSPS) is 24.4. The van der Waals surface area contributed by atoms with Crippen molar-refractivity contribution in [1.82, 2.24) is 9.80 Å². The third-order valence-electron chi connectivity index (χ3n) is 5.51. The topological polar surface area (TPSA) is 53.0 Å². The summed E-state index contributed by atoms with van der Waals surface area (Å²) in [6.07, 6.45) is 8.81. The lowest BCUT2D eigenvalue weighted by molar-refractivity contribution is -0.127. The second-order valence-electron chi connectivity index (χ2n) is 7.58. The molecule has 5 heteroatoms. The Morgan fingerprint density at radius 3 is 2.63 bits per heavy atom. The van der Waals surface area contributed by atoms with E-state index >= 15 is 0 Å². The Labute approximate surface area is 160 Å². The number of aryl methyl sites for hydroxylation is 1. The van der Waals surface area contributed by atoms with Gasteiger partial charge in [-0.15, -0.1) is 0 Å². The molecule has 0 bridgehead atoms. The van der Waals surface area contributed by atoms with Crippen LogP contribution in [0.4, 0.5) is 0 Å². The van der Waals surface area contributed by atoms with Crippen molar-refractivity contribution >= 4 is 17.5 Å². The number of aliphatic imine (C=N–C) groups is 1. The van der Waals surface area contributed by atoms with E-state index in [1.807, 2.05) is 66.3 Å². The van der Waals surface area contributed by atoms with Gasteiger partial charge in [0.1, 0.15) is 11.9 Å². The van der Waals surface area contributed by atoms with E-state index in [0.29, 0.717) is 11.1 Å². The molecular weight excluding hydrogens is 338 g/mol. The van der Waals surface area contributed by atoms with E-state index < -0.39 is 6.04 Å². The summed E-state index contributed by atoms with van der Waals surface area (Å²) in [5.74, 6) is 0.844. The van der Waals surface area contributed by atoms with Crippen molar-refractivity contribution in [3.05, 3.63) is 59.3 Å². The molecule has 1 amide bonds. The van der Waals surface area contributed by atoms with Gasteiger partial charge in [0, 0.05) is 24.9 Å². The molecule has 1 aromatic rings. The van der Waals surface area contributed by atoms with Crippen molar-refractivity contribution < 1.29 is 9.59 Å². The number of likely N-dealkylation sites (tertiary alicyclic amines) is 1. The van der Waals surface area contributed by atoms with Crippen LogP contribution >= 0.6 is 0 Å². The van der Waals surface area contributed by atoms with Crippen LogP contribution in [0.2, 0.25) is 0 Å². The van der Waals surface area contributed by atoms with E-state index in [2.05, 4.69) is 4.99 Å². The van der Waals surface area contributed by atoms with Crippen LogP contribution in [-0.4, -0.2) is 52.5 Å². The highest BCUT2D eigenvalue weighted by atomic mass is 16.2. The highest BCUT2D eigenvalue weighted by molar-refractivity contribution is 6.09. The standard InChI is InChI=1S/C22H25N3O2/c1-15-7-6-8-17(13-15)21(26)20-16(2)23-19-10-9-18(14-25(19)20)22(27)24-11-4-3-5-12-24/h6-10,13-14,16,20H,3-5,11-12H2,1-2H3. The average molecular weight is 363 g/mol. The van der Waals surface area contributed by atoms with Gasteiger partial charge in [-0.05, 0) is 51.3 Å².